The highest BCUT2D eigenvalue weighted by Gasteiger charge is 2.58. The quantitative estimate of drug-likeness (QED) is 0.401. The van der Waals surface area contributed by atoms with Crippen molar-refractivity contribution in [2.45, 2.75) is 103 Å². The largest absolute Gasteiger partial charge is 0.414 e. The molecule has 1 aliphatic heterocycles. The fraction of sp³-hybridized carbons (Fsp3) is 0.826. The van der Waals surface area contributed by atoms with Gasteiger partial charge in [-0.25, -0.2) is 4.79 Å². The molecule has 1 aromatic heterocycles. The van der Waals surface area contributed by atoms with Gasteiger partial charge >= 0.3 is 5.69 Å². The first-order valence-electron chi connectivity index (χ1n) is 11.6. The summed E-state index contributed by atoms with van der Waals surface area (Å²) in [6.45, 7) is 24.2. The van der Waals surface area contributed by atoms with Crippen LogP contribution in [0.2, 0.25) is 36.3 Å². The van der Waals surface area contributed by atoms with Crippen molar-refractivity contribution >= 4 is 28.2 Å². The molecule has 0 amide bonds. The number of nitrogens with one attached hydrogen (secondary N) is 1. The number of rotatable bonds is 7. The lowest BCUT2D eigenvalue weighted by molar-refractivity contribution is -0.109. The van der Waals surface area contributed by atoms with Gasteiger partial charge in [0.2, 0.25) is 0 Å². The minimum absolute atomic E-state index is 0.0159. The first-order chi connectivity index (χ1) is 14.8. The van der Waals surface area contributed by atoms with E-state index in [9.17, 15) is 9.59 Å². The molecule has 0 aromatic carbocycles. The second kappa shape index (κ2) is 9.39. The van der Waals surface area contributed by atoms with Gasteiger partial charge in [-0.3, -0.25) is 14.3 Å². The van der Waals surface area contributed by atoms with Crippen molar-refractivity contribution in [1.29, 1.82) is 0 Å². The second-order valence-corrected chi connectivity index (χ2v) is 22.3. The Labute approximate surface area is 205 Å². The highest BCUT2D eigenvalue weighted by atomic mass is 35.5. The number of aromatic nitrogens is 2. The van der Waals surface area contributed by atoms with Crippen LogP contribution in [-0.2, 0) is 13.6 Å². The summed E-state index contributed by atoms with van der Waals surface area (Å²) in [4.78, 5) is 26.6. The molecule has 4 atom stereocenters. The van der Waals surface area contributed by atoms with Crippen molar-refractivity contribution in [2.75, 3.05) is 12.5 Å². The Kier molecular flexibility index (Phi) is 8.11. The van der Waals surface area contributed by atoms with E-state index in [1.165, 1.54) is 16.8 Å². The molecular weight excluding hydrogens is 476 g/mol. The number of ether oxygens (including phenoxy) is 1. The number of nitrogens with zero attached hydrogens (tertiary/aromatic N) is 1. The monoisotopic (exact) mass is 518 g/mol. The Morgan fingerprint density at radius 3 is 2.09 bits per heavy atom. The van der Waals surface area contributed by atoms with Gasteiger partial charge < -0.3 is 13.6 Å². The molecule has 1 saturated heterocycles. The van der Waals surface area contributed by atoms with E-state index < -0.39 is 39.7 Å². The topological polar surface area (TPSA) is 82.6 Å². The molecular formula is C23H43ClN2O5Si2. The van der Waals surface area contributed by atoms with Crippen LogP contribution >= 0.6 is 11.6 Å². The Hall–Kier alpha value is -0.716. The van der Waals surface area contributed by atoms with Gasteiger partial charge in [0, 0.05) is 18.2 Å². The molecule has 0 spiro atoms. The molecule has 1 aromatic rings. The first kappa shape index (κ1) is 28.5. The molecule has 10 heteroatoms. The highest BCUT2D eigenvalue weighted by molar-refractivity contribution is 6.74. The fourth-order valence-electron chi connectivity index (χ4n) is 3.47. The smallest absolute Gasteiger partial charge is 0.330 e. The SMILES string of the molecule is C[C@H]1C(O[Si](C)(C)C(C)(C)C)[C@@](CCl)(CO[Si](C)(C)C(C)(C)C)O[C@H]1n1ccc(=O)[nH]c1=O. The summed E-state index contributed by atoms with van der Waals surface area (Å²) in [5, 5.41) is 0.00767. The van der Waals surface area contributed by atoms with Crippen LogP contribution in [0.15, 0.2) is 21.9 Å². The third-order valence-electron chi connectivity index (χ3n) is 7.86. The van der Waals surface area contributed by atoms with Crippen LogP contribution in [0.4, 0.5) is 0 Å². The molecule has 0 radical (unpaired) electrons. The maximum atomic E-state index is 12.6. The summed E-state index contributed by atoms with van der Waals surface area (Å²) >= 11 is 6.63. The number of hydrogen-bond donors (Lipinski definition) is 1. The predicted octanol–water partition coefficient (Wildman–Crippen LogP) is 5.09. The van der Waals surface area contributed by atoms with Gasteiger partial charge in [-0.2, -0.15) is 0 Å². The van der Waals surface area contributed by atoms with Gasteiger partial charge in [-0.15, -0.1) is 11.6 Å². The molecule has 1 unspecified atom stereocenters. The van der Waals surface area contributed by atoms with Crippen LogP contribution < -0.4 is 11.2 Å². The lowest BCUT2D eigenvalue weighted by atomic mass is 9.93. The minimum Gasteiger partial charge on any atom is -0.414 e. The number of aromatic amines is 1. The Morgan fingerprint density at radius 1 is 1.09 bits per heavy atom. The number of H-pyrrole nitrogens is 1. The van der Waals surface area contributed by atoms with Crippen LogP contribution in [0, 0.1) is 5.92 Å². The van der Waals surface area contributed by atoms with Gasteiger partial charge in [0.1, 0.15) is 11.8 Å². The third-order valence-corrected chi connectivity index (χ3v) is 17.3. The van der Waals surface area contributed by atoms with Crippen molar-refractivity contribution < 1.29 is 13.6 Å². The molecule has 0 saturated carbocycles. The Balaban J connectivity index is 2.54. The van der Waals surface area contributed by atoms with Crippen LogP contribution in [0.25, 0.3) is 0 Å². The van der Waals surface area contributed by atoms with E-state index >= 15 is 0 Å². The van der Waals surface area contributed by atoms with Gasteiger partial charge in [0.15, 0.2) is 16.6 Å². The van der Waals surface area contributed by atoms with Crippen molar-refractivity contribution in [3.05, 3.63) is 33.1 Å². The molecule has 0 aliphatic carbocycles. The zero-order valence-corrected chi connectivity index (χ0v) is 24.9. The first-order valence-corrected chi connectivity index (χ1v) is 18.0. The summed E-state index contributed by atoms with van der Waals surface area (Å²) in [6.07, 6.45) is 0.473. The van der Waals surface area contributed by atoms with Crippen molar-refractivity contribution in [2.24, 2.45) is 5.92 Å². The average molecular weight is 519 g/mol. The number of alkyl halides is 1. The normalized spacial score (nSPS) is 27.2. The van der Waals surface area contributed by atoms with E-state index in [0.717, 1.165) is 0 Å². The predicted molar refractivity (Wildman–Crippen MR) is 139 cm³/mol. The van der Waals surface area contributed by atoms with Gasteiger partial charge in [-0.1, -0.05) is 48.5 Å². The van der Waals surface area contributed by atoms with E-state index in [1.807, 2.05) is 6.92 Å². The summed E-state index contributed by atoms with van der Waals surface area (Å²) in [6, 6.07) is 1.33. The lowest BCUT2D eigenvalue weighted by Crippen LogP contribution is -2.57. The molecule has 2 rings (SSSR count). The van der Waals surface area contributed by atoms with Crippen LogP contribution in [0.5, 0.6) is 0 Å². The molecule has 1 fully saturated rings. The maximum absolute atomic E-state index is 12.6. The van der Waals surface area contributed by atoms with Crippen LogP contribution in [-0.4, -0.2) is 50.4 Å². The summed E-state index contributed by atoms with van der Waals surface area (Å²) in [7, 11) is -4.31. The Morgan fingerprint density at radius 2 is 1.64 bits per heavy atom. The van der Waals surface area contributed by atoms with Gasteiger partial charge in [0.05, 0.1) is 18.6 Å². The molecule has 190 valence electrons. The van der Waals surface area contributed by atoms with E-state index in [0.29, 0.717) is 0 Å². The van der Waals surface area contributed by atoms with Crippen molar-refractivity contribution in [1.82, 2.24) is 9.55 Å². The summed E-state index contributed by atoms with van der Waals surface area (Å²) in [5.74, 6) is -0.0238. The number of hydrogen-bond acceptors (Lipinski definition) is 5. The maximum Gasteiger partial charge on any atom is 0.330 e. The van der Waals surface area contributed by atoms with Gasteiger partial charge in [0.25, 0.3) is 5.56 Å². The zero-order valence-electron chi connectivity index (χ0n) is 22.2. The van der Waals surface area contributed by atoms with E-state index in [1.54, 1.807) is 0 Å². The van der Waals surface area contributed by atoms with E-state index in [2.05, 4.69) is 72.7 Å². The second-order valence-electron chi connectivity index (χ2n) is 12.4. The van der Waals surface area contributed by atoms with Crippen LogP contribution in [0.3, 0.4) is 0 Å². The standard InChI is InChI=1S/C23H43ClN2O5Si2/c1-16-18(31-33(10,11)22(5,6)7)23(14-24,15-29-32(8,9)21(2,3)4)30-19(16)26-13-12-17(27)25-20(26)28/h12-13,16,18-19H,14-15H2,1-11H3,(H,25,27,28)/t16-,18?,19+,23+/m0/s1. The van der Waals surface area contributed by atoms with E-state index in [4.69, 9.17) is 25.2 Å². The molecule has 1 aliphatic rings. The molecule has 7 nitrogen and oxygen atoms in total. The number of halogens is 1. The Bertz CT molecular complexity index is 948. The fourth-order valence-corrected chi connectivity index (χ4v) is 6.22. The highest BCUT2D eigenvalue weighted by Crippen LogP contribution is 2.48. The summed E-state index contributed by atoms with van der Waals surface area (Å²) < 4.78 is 21.6. The van der Waals surface area contributed by atoms with Crippen molar-refractivity contribution in [3.63, 3.8) is 0 Å². The van der Waals surface area contributed by atoms with E-state index in [-0.39, 0.29) is 34.6 Å². The zero-order chi connectivity index (χ0) is 25.6. The lowest BCUT2D eigenvalue weighted by Gasteiger charge is -2.45. The summed E-state index contributed by atoms with van der Waals surface area (Å²) in [5.41, 5.74) is -1.88. The van der Waals surface area contributed by atoms with Crippen LogP contribution in [0.1, 0.15) is 54.7 Å². The third kappa shape index (κ3) is 5.75. The van der Waals surface area contributed by atoms with Gasteiger partial charge in [-0.05, 0) is 36.3 Å². The minimum atomic E-state index is -2.21. The molecule has 2 heterocycles. The van der Waals surface area contributed by atoms with Crippen molar-refractivity contribution in [3.8, 4) is 0 Å². The molecule has 0 bridgehead atoms. The molecule has 1 N–H and O–H groups in total. The molecule has 33 heavy (non-hydrogen) atoms. The average Bonchev–Trinajstić information content (AvgIpc) is 2.91.